The molecule has 1 aromatic carbocycles. The number of hydrogen-bond acceptors (Lipinski definition) is 3. The summed E-state index contributed by atoms with van der Waals surface area (Å²) in [7, 11) is 0. The van der Waals surface area contributed by atoms with Crippen LogP contribution in [0.4, 0.5) is 4.39 Å². The van der Waals surface area contributed by atoms with Crippen LogP contribution in [0.15, 0.2) is 29.2 Å². The molecule has 4 heteroatoms. The largest absolute Gasteiger partial charge is 0.207 e. The average molecular weight is 234 g/mol. The monoisotopic (exact) mass is 234 g/mol. The maximum absolute atomic E-state index is 12.6. The second-order valence-electron chi connectivity index (χ2n) is 3.40. The van der Waals surface area contributed by atoms with E-state index in [0.717, 1.165) is 4.90 Å². The highest BCUT2D eigenvalue weighted by Gasteiger charge is 2.27. The zero-order chi connectivity index (χ0) is 12.0. The number of benzene rings is 1. The molecule has 0 aliphatic rings. The van der Waals surface area contributed by atoms with Gasteiger partial charge in [0.25, 0.3) is 0 Å². The Balaban J connectivity index is 2.68. The molecule has 0 unspecified atom stereocenters. The van der Waals surface area contributed by atoms with E-state index in [9.17, 15) is 4.39 Å². The molecule has 0 atom stereocenters. The lowest BCUT2D eigenvalue weighted by Crippen LogP contribution is -2.17. The van der Waals surface area contributed by atoms with Crippen LogP contribution in [0, 0.1) is 33.9 Å². The van der Waals surface area contributed by atoms with Crippen molar-refractivity contribution in [3.8, 4) is 12.1 Å². The molecule has 2 nitrogen and oxygen atoms in total. The summed E-state index contributed by atoms with van der Waals surface area (Å²) in [6, 6.07) is 10.1. The fourth-order valence-electron chi connectivity index (χ4n) is 1.09. The van der Waals surface area contributed by atoms with E-state index in [1.807, 2.05) is 19.1 Å². The molecule has 82 valence electrons. The van der Waals surface area contributed by atoms with Crippen molar-refractivity contribution in [2.75, 3.05) is 5.75 Å². The maximum atomic E-state index is 12.6. The van der Waals surface area contributed by atoms with E-state index in [-0.39, 0.29) is 5.82 Å². The lowest BCUT2D eigenvalue weighted by Gasteiger charge is -2.15. The Bertz CT molecular complexity index is 414. The predicted molar refractivity (Wildman–Crippen MR) is 61.1 cm³/mol. The van der Waals surface area contributed by atoms with Crippen LogP contribution in [0.3, 0.4) is 0 Å². The van der Waals surface area contributed by atoms with Gasteiger partial charge in [-0.25, -0.2) is 4.39 Å². The molecule has 0 saturated carbocycles. The first-order valence-corrected chi connectivity index (χ1v) is 5.85. The van der Waals surface area contributed by atoms with Crippen LogP contribution in [0.25, 0.3) is 0 Å². The first-order chi connectivity index (χ1) is 7.65. The van der Waals surface area contributed by atoms with Gasteiger partial charge < -0.3 is 0 Å². The summed E-state index contributed by atoms with van der Waals surface area (Å²) in [5, 5.41) is 17.9. The third-order valence-corrected chi connectivity index (χ3v) is 3.57. The molecule has 16 heavy (non-hydrogen) atoms. The highest BCUT2D eigenvalue weighted by atomic mass is 32.2. The Morgan fingerprint density at radius 3 is 2.25 bits per heavy atom. The van der Waals surface area contributed by atoms with Crippen molar-refractivity contribution in [3.05, 3.63) is 30.1 Å². The van der Waals surface area contributed by atoms with Crippen molar-refractivity contribution in [2.24, 2.45) is 5.41 Å². The smallest absolute Gasteiger partial charge is 0.152 e. The van der Waals surface area contributed by atoms with Gasteiger partial charge >= 0.3 is 0 Å². The first-order valence-electron chi connectivity index (χ1n) is 4.86. The molecule has 0 spiro atoms. The molecule has 1 aromatic rings. The third-order valence-electron chi connectivity index (χ3n) is 2.33. The average Bonchev–Trinajstić information content (AvgIpc) is 2.34. The number of nitrogens with zero attached hydrogens (tertiary/aromatic N) is 2. The topological polar surface area (TPSA) is 47.6 Å². The quantitative estimate of drug-likeness (QED) is 0.750. The zero-order valence-electron chi connectivity index (χ0n) is 8.90. The normalized spacial score (nSPS) is 10.5. The number of rotatable bonds is 4. The van der Waals surface area contributed by atoms with Crippen LogP contribution in [-0.4, -0.2) is 5.75 Å². The number of hydrogen-bond donors (Lipinski definition) is 0. The molecule has 0 heterocycles. The van der Waals surface area contributed by atoms with Crippen molar-refractivity contribution in [2.45, 2.75) is 18.2 Å². The zero-order valence-corrected chi connectivity index (χ0v) is 9.72. The van der Waals surface area contributed by atoms with Gasteiger partial charge in [-0.3, -0.25) is 0 Å². The van der Waals surface area contributed by atoms with E-state index in [4.69, 9.17) is 10.5 Å². The van der Waals surface area contributed by atoms with E-state index in [0.29, 0.717) is 12.2 Å². The molecular formula is C12H11FN2S. The molecule has 0 aliphatic heterocycles. The van der Waals surface area contributed by atoms with E-state index in [1.54, 1.807) is 12.1 Å². The van der Waals surface area contributed by atoms with Crippen molar-refractivity contribution in [1.82, 2.24) is 0 Å². The van der Waals surface area contributed by atoms with Gasteiger partial charge in [-0.15, -0.1) is 11.8 Å². The van der Waals surface area contributed by atoms with Crippen molar-refractivity contribution in [1.29, 1.82) is 10.5 Å². The van der Waals surface area contributed by atoms with Crippen LogP contribution in [0.1, 0.15) is 13.3 Å². The van der Waals surface area contributed by atoms with Crippen molar-refractivity contribution < 1.29 is 4.39 Å². The molecule has 0 N–H and O–H groups in total. The van der Waals surface area contributed by atoms with E-state index < -0.39 is 5.41 Å². The summed E-state index contributed by atoms with van der Waals surface area (Å²) >= 11 is 1.40. The summed E-state index contributed by atoms with van der Waals surface area (Å²) < 4.78 is 12.6. The van der Waals surface area contributed by atoms with Gasteiger partial charge in [-0.2, -0.15) is 10.5 Å². The molecule has 0 amide bonds. The molecule has 0 aliphatic carbocycles. The minimum atomic E-state index is -0.945. The molecule has 0 bridgehead atoms. The molecule has 0 radical (unpaired) electrons. The standard InChI is InChI=1S/C12H11FN2S/c1-2-12(7-14,8-15)9-16-11-5-3-10(13)4-6-11/h3-6H,2,9H2,1H3. The molecule has 1 rings (SSSR count). The predicted octanol–water partition coefficient (Wildman–Crippen LogP) is 3.36. The Kier molecular flexibility index (Phi) is 4.34. The van der Waals surface area contributed by atoms with Crippen molar-refractivity contribution >= 4 is 11.8 Å². The van der Waals surface area contributed by atoms with Crippen LogP contribution in [0.5, 0.6) is 0 Å². The minimum Gasteiger partial charge on any atom is -0.207 e. The van der Waals surface area contributed by atoms with Gasteiger partial charge in [0, 0.05) is 10.6 Å². The number of thioether (sulfide) groups is 1. The number of nitriles is 2. The van der Waals surface area contributed by atoms with Crippen LogP contribution < -0.4 is 0 Å². The molecule has 0 aromatic heterocycles. The Morgan fingerprint density at radius 2 is 1.81 bits per heavy atom. The van der Waals surface area contributed by atoms with E-state index >= 15 is 0 Å². The van der Waals surface area contributed by atoms with Gasteiger partial charge in [-0.1, -0.05) is 6.92 Å². The van der Waals surface area contributed by atoms with Crippen LogP contribution >= 0.6 is 11.8 Å². The Hall–Kier alpha value is -1.52. The Morgan fingerprint density at radius 1 is 1.25 bits per heavy atom. The highest BCUT2D eigenvalue weighted by molar-refractivity contribution is 7.99. The maximum Gasteiger partial charge on any atom is 0.152 e. The van der Waals surface area contributed by atoms with Gasteiger partial charge in [0.1, 0.15) is 5.82 Å². The second-order valence-corrected chi connectivity index (χ2v) is 4.45. The fraction of sp³-hybridized carbons (Fsp3) is 0.333. The third kappa shape index (κ3) is 2.98. The van der Waals surface area contributed by atoms with E-state index in [2.05, 4.69) is 0 Å². The molecule has 0 fully saturated rings. The van der Waals surface area contributed by atoms with Gasteiger partial charge in [-0.05, 0) is 30.7 Å². The first kappa shape index (κ1) is 12.5. The fourth-order valence-corrected chi connectivity index (χ4v) is 2.16. The SMILES string of the molecule is CCC(C#N)(C#N)CSc1ccc(F)cc1. The lowest BCUT2D eigenvalue weighted by atomic mass is 9.92. The van der Waals surface area contributed by atoms with E-state index in [1.165, 1.54) is 23.9 Å². The minimum absolute atomic E-state index is 0.285. The summed E-state index contributed by atoms with van der Waals surface area (Å²) in [5.41, 5.74) is -0.945. The summed E-state index contributed by atoms with van der Waals surface area (Å²) in [6.45, 7) is 1.82. The second kappa shape index (κ2) is 5.53. The Labute approximate surface area is 98.7 Å². The van der Waals surface area contributed by atoms with Gasteiger partial charge in [0.05, 0.1) is 12.1 Å². The van der Waals surface area contributed by atoms with Gasteiger partial charge in [0.2, 0.25) is 0 Å². The summed E-state index contributed by atoms with van der Waals surface area (Å²) in [5.74, 6) is 0.119. The van der Waals surface area contributed by atoms with Crippen LogP contribution in [-0.2, 0) is 0 Å². The molecule has 0 saturated heterocycles. The summed E-state index contributed by atoms with van der Waals surface area (Å²) in [6.07, 6.45) is 0.494. The lowest BCUT2D eigenvalue weighted by molar-refractivity contribution is 0.572. The molecular weight excluding hydrogens is 223 g/mol. The number of halogens is 1. The summed E-state index contributed by atoms with van der Waals surface area (Å²) in [4.78, 5) is 0.865. The van der Waals surface area contributed by atoms with Gasteiger partial charge in [0.15, 0.2) is 5.41 Å². The van der Waals surface area contributed by atoms with Crippen LogP contribution in [0.2, 0.25) is 0 Å². The highest BCUT2D eigenvalue weighted by Crippen LogP contribution is 2.29. The van der Waals surface area contributed by atoms with Crippen molar-refractivity contribution in [3.63, 3.8) is 0 Å².